The Balaban J connectivity index is 1.98. The highest BCUT2D eigenvalue weighted by Gasteiger charge is 2.19. The Morgan fingerprint density at radius 3 is 2.24 bits per heavy atom. The zero-order chi connectivity index (χ0) is 21.6. The SMILES string of the molecule is CC[C@H](NC(=O)CCCN(c1ccc(C)c(C)c1)S(C)(=O)=O)c1ccc(C)cc1. The number of benzene rings is 2. The van der Waals surface area contributed by atoms with E-state index in [9.17, 15) is 13.2 Å². The van der Waals surface area contributed by atoms with Gasteiger partial charge in [0.1, 0.15) is 0 Å². The monoisotopic (exact) mass is 416 g/mol. The third-order valence-electron chi connectivity index (χ3n) is 5.17. The second-order valence-corrected chi connectivity index (χ2v) is 9.55. The topological polar surface area (TPSA) is 66.5 Å². The van der Waals surface area contributed by atoms with Crippen molar-refractivity contribution in [2.75, 3.05) is 17.1 Å². The molecule has 0 spiro atoms. The van der Waals surface area contributed by atoms with E-state index in [0.717, 1.165) is 23.1 Å². The number of nitrogens with zero attached hydrogens (tertiary/aromatic N) is 1. The minimum absolute atomic E-state index is 0.0335. The lowest BCUT2D eigenvalue weighted by atomic mass is 10.0. The van der Waals surface area contributed by atoms with E-state index in [-0.39, 0.29) is 24.9 Å². The molecule has 6 heteroatoms. The van der Waals surface area contributed by atoms with Gasteiger partial charge in [-0.25, -0.2) is 8.42 Å². The highest BCUT2D eigenvalue weighted by atomic mass is 32.2. The van der Waals surface area contributed by atoms with Crippen LogP contribution in [-0.4, -0.2) is 27.1 Å². The number of anilines is 1. The predicted octanol–water partition coefficient (Wildman–Crippen LogP) is 4.43. The second kappa shape index (κ2) is 9.92. The first kappa shape index (κ1) is 22.9. The van der Waals surface area contributed by atoms with Crippen molar-refractivity contribution in [3.63, 3.8) is 0 Å². The van der Waals surface area contributed by atoms with E-state index in [1.807, 2.05) is 70.2 Å². The number of aryl methyl sites for hydroxylation is 3. The third-order valence-corrected chi connectivity index (χ3v) is 6.36. The minimum atomic E-state index is -3.42. The summed E-state index contributed by atoms with van der Waals surface area (Å²) in [5.74, 6) is -0.0639. The van der Waals surface area contributed by atoms with E-state index in [1.165, 1.54) is 16.1 Å². The van der Waals surface area contributed by atoms with Crippen molar-refractivity contribution >= 4 is 21.6 Å². The quantitative estimate of drug-likeness (QED) is 0.658. The molecule has 2 aromatic carbocycles. The van der Waals surface area contributed by atoms with Crippen LogP contribution in [0.1, 0.15) is 54.5 Å². The van der Waals surface area contributed by atoms with Gasteiger partial charge in [0, 0.05) is 13.0 Å². The van der Waals surface area contributed by atoms with Gasteiger partial charge in [-0.05, 0) is 62.4 Å². The average Bonchev–Trinajstić information content (AvgIpc) is 2.65. The summed E-state index contributed by atoms with van der Waals surface area (Å²) in [6, 6.07) is 13.7. The summed E-state index contributed by atoms with van der Waals surface area (Å²) >= 11 is 0. The number of nitrogens with one attached hydrogen (secondary N) is 1. The number of sulfonamides is 1. The Hall–Kier alpha value is -2.34. The number of rotatable bonds is 9. The molecule has 0 aliphatic heterocycles. The van der Waals surface area contributed by atoms with Crippen LogP contribution in [-0.2, 0) is 14.8 Å². The minimum Gasteiger partial charge on any atom is -0.349 e. The summed E-state index contributed by atoms with van der Waals surface area (Å²) < 4.78 is 25.9. The first-order valence-corrected chi connectivity index (χ1v) is 11.9. The number of amides is 1. The lowest BCUT2D eigenvalue weighted by molar-refractivity contribution is -0.121. The van der Waals surface area contributed by atoms with Crippen LogP contribution in [0.4, 0.5) is 5.69 Å². The molecule has 1 N–H and O–H groups in total. The molecule has 0 heterocycles. The summed E-state index contributed by atoms with van der Waals surface area (Å²) in [4.78, 5) is 12.4. The molecule has 5 nitrogen and oxygen atoms in total. The molecule has 158 valence electrons. The number of carbonyl (C=O) groups is 1. The molecule has 0 aliphatic rings. The molecule has 0 saturated carbocycles. The molecule has 0 aromatic heterocycles. The first-order chi connectivity index (χ1) is 13.6. The van der Waals surface area contributed by atoms with Gasteiger partial charge in [-0.3, -0.25) is 9.10 Å². The Bertz CT molecular complexity index is 937. The van der Waals surface area contributed by atoms with E-state index in [2.05, 4.69) is 5.32 Å². The van der Waals surface area contributed by atoms with Crippen molar-refractivity contribution < 1.29 is 13.2 Å². The van der Waals surface area contributed by atoms with Crippen LogP contribution in [0.3, 0.4) is 0 Å². The van der Waals surface area contributed by atoms with Crippen molar-refractivity contribution in [2.24, 2.45) is 0 Å². The highest BCUT2D eigenvalue weighted by Crippen LogP contribution is 2.22. The van der Waals surface area contributed by atoms with Gasteiger partial charge in [0.25, 0.3) is 0 Å². The Labute approximate surface area is 175 Å². The number of carbonyl (C=O) groups excluding carboxylic acids is 1. The third kappa shape index (κ3) is 6.60. The molecule has 0 bridgehead atoms. The lowest BCUT2D eigenvalue weighted by Gasteiger charge is -2.23. The van der Waals surface area contributed by atoms with Gasteiger partial charge in [-0.1, -0.05) is 42.8 Å². The molecule has 0 unspecified atom stereocenters. The largest absolute Gasteiger partial charge is 0.349 e. The fourth-order valence-corrected chi connectivity index (χ4v) is 4.19. The normalized spacial score (nSPS) is 12.4. The summed E-state index contributed by atoms with van der Waals surface area (Å²) in [5.41, 5.74) is 5.06. The van der Waals surface area contributed by atoms with E-state index in [0.29, 0.717) is 12.1 Å². The molecule has 29 heavy (non-hydrogen) atoms. The maximum atomic E-state index is 12.4. The van der Waals surface area contributed by atoms with E-state index in [1.54, 1.807) is 0 Å². The van der Waals surface area contributed by atoms with Gasteiger partial charge in [0.2, 0.25) is 15.9 Å². The molecule has 0 aliphatic carbocycles. The van der Waals surface area contributed by atoms with E-state index < -0.39 is 10.0 Å². The van der Waals surface area contributed by atoms with Gasteiger partial charge >= 0.3 is 0 Å². The molecule has 2 rings (SSSR count). The molecule has 2 aromatic rings. The molecule has 1 amide bonds. The van der Waals surface area contributed by atoms with Crippen LogP contribution in [0, 0.1) is 20.8 Å². The molecule has 1 atom stereocenters. The maximum absolute atomic E-state index is 12.4. The Kier molecular flexibility index (Phi) is 7.85. The maximum Gasteiger partial charge on any atom is 0.232 e. The van der Waals surface area contributed by atoms with E-state index >= 15 is 0 Å². The van der Waals surface area contributed by atoms with Crippen molar-refractivity contribution in [3.8, 4) is 0 Å². The standard InChI is InChI=1S/C23H32N2O3S/c1-6-22(20-12-9-17(2)10-13-20)24-23(26)8-7-15-25(29(5,27)28)21-14-11-18(3)19(4)16-21/h9-14,16,22H,6-8,15H2,1-5H3,(H,24,26)/t22-/m0/s1. The van der Waals surface area contributed by atoms with Crippen molar-refractivity contribution in [1.82, 2.24) is 5.32 Å². The van der Waals surface area contributed by atoms with Crippen molar-refractivity contribution in [2.45, 2.75) is 53.0 Å². The predicted molar refractivity (Wildman–Crippen MR) is 120 cm³/mol. The smallest absolute Gasteiger partial charge is 0.232 e. The summed E-state index contributed by atoms with van der Waals surface area (Å²) in [5, 5.41) is 3.06. The van der Waals surface area contributed by atoms with Crippen LogP contribution in [0.2, 0.25) is 0 Å². The van der Waals surface area contributed by atoms with Gasteiger partial charge < -0.3 is 5.32 Å². The molecule has 0 fully saturated rings. The van der Waals surface area contributed by atoms with Crippen LogP contribution in [0.15, 0.2) is 42.5 Å². The first-order valence-electron chi connectivity index (χ1n) is 10.0. The van der Waals surface area contributed by atoms with Gasteiger partial charge in [-0.2, -0.15) is 0 Å². The molecule has 0 saturated heterocycles. The molecular formula is C23H32N2O3S. The van der Waals surface area contributed by atoms with Crippen molar-refractivity contribution in [1.29, 1.82) is 0 Å². The second-order valence-electron chi connectivity index (χ2n) is 7.65. The molecular weight excluding hydrogens is 384 g/mol. The van der Waals surface area contributed by atoms with Gasteiger partial charge in [0.05, 0.1) is 18.0 Å². The van der Waals surface area contributed by atoms with Crippen LogP contribution < -0.4 is 9.62 Å². The highest BCUT2D eigenvalue weighted by molar-refractivity contribution is 7.92. The van der Waals surface area contributed by atoms with E-state index in [4.69, 9.17) is 0 Å². The number of hydrogen-bond donors (Lipinski definition) is 1. The van der Waals surface area contributed by atoms with Crippen LogP contribution >= 0.6 is 0 Å². The number of hydrogen-bond acceptors (Lipinski definition) is 3. The zero-order valence-corrected chi connectivity index (χ0v) is 18.8. The van der Waals surface area contributed by atoms with Gasteiger partial charge in [0.15, 0.2) is 0 Å². The summed E-state index contributed by atoms with van der Waals surface area (Å²) in [7, 11) is -3.42. The zero-order valence-electron chi connectivity index (χ0n) is 18.0. The van der Waals surface area contributed by atoms with Crippen molar-refractivity contribution in [3.05, 3.63) is 64.7 Å². The lowest BCUT2D eigenvalue weighted by Crippen LogP contribution is -2.33. The Morgan fingerprint density at radius 2 is 1.69 bits per heavy atom. The summed E-state index contributed by atoms with van der Waals surface area (Å²) in [6.07, 6.45) is 2.73. The van der Waals surface area contributed by atoms with Crippen LogP contribution in [0.5, 0.6) is 0 Å². The summed E-state index contributed by atoms with van der Waals surface area (Å²) in [6.45, 7) is 8.30. The molecule has 0 radical (unpaired) electrons. The Morgan fingerprint density at radius 1 is 1.03 bits per heavy atom. The fourth-order valence-electron chi connectivity index (χ4n) is 3.24. The van der Waals surface area contributed by atoms with Crippen LogP contribution in [0.25, 0.3) is 0 Å². The average molecular weight is 417 g/mol. The van der Waals surface area contributed by atoms with Gasteiger partial charge in [-0.15, -0.1) is 0 Å². The fraction of sp³-hybridized carbons (Fsp3) is 0.435.